The van der Waals surface area contributed by atoms with Crippen molar-refractivity contribution in [2.45, 2.75) is 26.4 Å². The Kier molecular flexibility index (Phi) is 6.59. The smallest absolute Gasteiger partial charge is 0.319 e. The first-order valence-corrected chi connectivity index (χ1v) is 6.57. The lowest BCUT2D eigenvalue weighted by molar-refractivity contribution is 0.184. The molecule has 1 unspecified atom stereocenters. The van der Waals surface area contributed by atoms with E-state index >= 15 is 0 Å². The molecule has 1 rings (SSSR count). The summed E-state index contributed by atoms with van der Waals surface area (Å²) in [5.74, 6) is 0.676. The first-order chi connectivity index (χ1) is 9.47. The maximum Gasteiger partial charge on any atom is 0.319 e. The Bertz CT molecular complexity index is 458. The largest absolute Gasteiger partial charge is 0.489 e. The van der Waals surface area contributed by atoms with Crippen molar-refractivity contribution in [1.82, 2.24) is 5.32 Å². The van der Waals surface area contributed by atoms with E-state index in [-0.39, 0.29) is 6.03 Å². The number of hydrogen-bond acceptors (Lipinski definition) is 3. The molecule has 0 radical (unpaired) electrons. The summed E-state index contributed by atoms with van der Waals surface area (Å²) in [6, 6.07) is 6.85. The molecule has 3 N–H and O–H groups in total. The van der Waals surface area contributed by atoms with Gasteiger partial charge in [0.2, 0.25) is 0 Å². The van der Waals surface area contributed by atoms with Gasteiger partial charge >= 0.3 is 6.03 Å². The number of nitrogens with one attached hydrogen (secondary N) is 2. The molecule has 20 heavy (non-hydrogen) atoms. The molecule has 0 aliphatic rings. The van der Waals surface area contributed by atoms with Crippen LogP contribution >= 0.6 is 0 Å². The molecule has 5 nitrogen and oxygen atoms in total. The minimum absolute atomic E-state index is 0.303. The monoisotopic (exact) mass is 278 g/mol. The average Bonchev–Trinajstić information content (AvgIpc) is 2.36. The zero-order valence-electron chi connectivity index (χ0n) is 12.0. The third kappa shape index (κ3) is 6.80. The van der Waals surface area contributed by atoms with Crippen LogP contribution in [0.4, 0.5) is 10.5 Å². The number of rotatable bonds is 7. The lowest BCUT2D eigenvalue weighted by atomic mass is 10.3. The van der Waals surface area contributed by atoms with Gasteiger partial charge in [-0.1, -0.05) is 12.6 Å². The van der Waals surface area contributed by atoms with Crippen molar-refractivity contribution in [2.75, 3.05) is 18.5 Å². The van der Waals surface area contributed by atoms with Crippen LogP contribution in [0.2, 0.25) is 0 Å². The zero-order valence-corrected chi connectivity index (χ0v) is 12.0. The van der Waals surface area contributed by atoms with Gasteiger partial charge in [-0.2, -0.15) is 0 Å². The summed E-state index contributed by atoms with van der Waals surface area (Å²) in [6.07, 6.45) is 0.101. The third-order valence-electron chi connectivity index (χ3n) is 2.42. The third-order valence-corrected chi connectivity index (χ3v) is 2.42. The molecule has 0 spiro atoms. The number of aliphatic hydroxyl groups excluding tert-OH is 1. The Morgan fingerprint density at radius 2 is 2.25 bits per heavy atom. The molecule has 0 aromatic heterocycles. The topological polar surface area (TPSA) is 70.6 Å². The summed E-state index contributed by atoms with van der Waals surface area (Å²) in [6.45, 7) is 8.21. The van der Waals surface area contributed by atoms with Crippen molar-refractivity contribution in [3.8, 4) is 5.75 Å². The van der Waals surface area contributed by atoms with Crippen molar-refractivity contribution in [3.63, 3.8) is 0 Å². The van der Waals surface area contributed by atoms with Gasteiger partial charge < -0.3 is 20.5 Å². The summed E-state index contributed by atoms with van der Waals surface area (Å²) in [5.41, 5.74) is 1.58. The number of aliphatic hydroxyl groups is 1. The van der Waals surface area contributed by atoms with Crippen molar-refractivity contribution < 1.29 is 14.6 Å². The van der Waals surface area contributed by atoms with Gasteiger partial charge in [0.05, 0.1) is 6.10 Å². The molecule has 0 saturated carbocycles. The summed E-state index contributed by atoms with van der Waals surface area (Å²) < 4.78 is 5.50. The van der Waals surface area contributed by atoms with Crippen LogP contribution in [-0.2, 0) is 0 Å². The zero-order chi connectivity index (χ0) is 15.0. The highest BCUT2D eigenvalue weighted by molar-refractivity contribution is 5.89. The van der Waals surface area contributed by atoms with E-state index < -0.39 is 6.10 Å². The van der Waals surface area contributed by atoms with Gasteiger partial charge in [0, 0.05) is 18.3 Å². The van der Waals surface area contributed by atoms with Crippen LogP contribution in [0.1, 0.15) is 20.3 Å². The fourth-order valence-corrected chi connectivity index (χ4v) is 1.44. The Balaban J connectivity index is 2.44. The summed E-state index contributed by atoms with van der Waals surface area (Å²) in [7, 11) is 0. The van der Waals surface area contributed by atoms with E-state index in [1.165, 1.54) is 0 Å². The van der Waals surface area contributed by atoms with Crippen LogP contribution in [0.5, 0.6) is 5.75 Å². The Labute approximate surface area is 119 Å². The molecule has 1 aromatic carbocycles. The Hall–Kier alpha value is -2.01. The molecule has 0 heterocycles. The first kappa shape index (κ1) is 16.0. The highest BCUT2D eigenvalue weighted by Crippen LogP contribution is 2.17. The van der Waals surface area contributed by atoms with Crippen molar-refractivity contribution in [2.24, 2.45) is 0 Å². The SMILES string of the molecule is C=C(C)COc1cccc(NC(=O)NCCC(C)O)c1. The summed E-state index contributed by atoms with van der Waals surface area (Å²) in [4.78, 5) is 11.6. The van der Waals surface area contributed by atoms with E-state index in [4.69, 9.17) is 9.84 Å². The molecule has 0 saturated heterocycles. The molecule has 1 aromatic rings. The Morgan fingerprint density at radius 1 is 1.50 bits per heavy atom. The van der Waals surface area contributed by atoms with Crippen molar-refractivity contribution >= 4 is 11.7 Å². The van der Waals surface area contributed by atoms with Gasteiger partial charge in [-0.15, -0.1) is 0 Å². The van der Waals surface area contributed by atoms with Crippen molar-refractivity contribution in [3.05, 3.63) is 36.4 Å². The standard InChI is InChI=1S/C15H22N2O3/c1-11(2)10-20-14-6-4-5-13(9-14)17-15(19)16-8-7-12(3)18/h4-6,9,12,18H,1,7-8,10H2,2-3H3,(H2,16,17,19). The predicted octanol–water partition coefficient (Wildman–Crippen LogP) is 2.53. The maximum atomic E-state index is 11.6. The number of anilines is 1. The van der Waals surface area contributed by atoms with Crippen molar-refractivity contribution in [1.29, 1.82) is 0 Å². The lowest BCUT2D eigenvalue weighted by Crippen LogP contribution is -2.30. The normalized spacial score (nSPS) is 11.6. The van der Waals surface area contributed by atoms with Crippen LogP contribution in [0.25, 0.3) is 0 Å². The lowest BCUT2D eigenvalue weighted by Gasteiger charge is -2.10. The minimum atomic E-state index is -0.422. The van der Waals surface area contributed by atoms with E-state index in [0.29, 0.717) is 31.0 Å². The number of hydrogen-bond donors (Lipinski definition) is 3. The second-order valence-electron chi connectivity index (χ2n) is 4.79. The van der Waals surface area contributed by atoms with E-state index in [9.17, 15) is 4.79 Å². The number of urea groups is 1. The highest BCUT2D eigenvalue weighted by Gasteiger charge is 2.03. The van der Waals surface area contributed by atoms with E-state index in [1.807, 2.05) is 13.0 Å². The molecule has 0 aliphatic carbocycles. The Morgan fingerprint density at radius 3 is 2.90 bits per heavy atom. The fourth-order valence-electron chi connectivity index (χ4n) is 1.44. The molecule has 2 amide bonds. The van der Waals surface area contributed by atoms with Gasteiger partial charge in [-0.3, -0.25) is 0 Å². The van der Waals surface area contributed by atoms with Gasteiger partial charge in [0.1, 0.15) is 12.4 Å². The molecule has 0 bridgehead atoms. The number of benzene rings is 1. The quantitative estimate of drug-likeness (QED) is 0.671. The number of amides is 2. The molecule has 1 atom stereocenters. The number of ether oxygens (including phenoxy) is 1. The van der Waals surface area contributed by atoms with E-state index in [2.05, 4.69) is 17.2 Å². The molecule has 0 fully saturated rings. The van der Waals surface area contributed by atoms with E-state index in [0.717, 1.165) is 5.57 Å². The molecular weight excluding hydrogens is 256 g/mol. The van der Waals surface area contributed by atoms with Gasteiger partial charge in [0.15, 0.2) is 0 Å². The van der Waals surface area contributed by atoms with Crippen LogP contribution in [0.15, 0.2) is 36.4 Å². The second-order valence-corrected chi connectivity index (χ2v) is 4.79. The minimum Gasteiger partial charge on any atom is -0.489 e. The van der Waals surface area contributed by atoms with E-state index in [1.54, 1.807) is 25.1 Å². The fraction of sp³-hybridized carbons (Fsp3) is 0.400. The molecule has 0 aliphatic heterocycles. The van der Waals surface area contributed by atoms with Crippen LogP contribution in [0, 0.1) is 0 Å². The van der Waals surface area contributed by atoms with Crippen LogP contribution in [-0.4, -0.2) is 30.4 Å². The molecule has 5 heteroatoms. The van der Waals surface area contributed by atoms with Gasteiger partial charge in [-0.25, -0.2) is 4.79 Å². The summed E-state index contributed by atoms with van der Waals surface area (Å²) >= 11 is 0. The molecule has 110 valence electrons. The predicted molar refractivity (Wildman–Crippen MR) is 80.1 cm³/mol. The summed E-state index contributed by atoms with van der Waals surface area (Å²) in [5, 5.41) is 14.5. The van der Waals surface area contributed by atoms with Gasteiger partial charge in [-0.05, 0) is 38.0 Å². The number of carbonyl (C=O) groups is 1. The number of carbonyl (C=O) groups excluding carboxylic acids is 1. The molecular formula is C15H22N2O3. The first-order valence-electron chi connectivity index (χ1n) is 6.57. The highest BCUT2D eigenvalue weighted by atomic mass is 16.5. The maximum absolute atomic E-state index is 11.6. The average molecular weight is 278 g/mol. The van der Waals surface area contributed by atoms with Gasteiger partial charge in [0.25, 0.3) is 0 Å². The van der Waals surface area contributed by atoms with Crippen LogP contribution < -0.4 is 15.4 Å². The second kappa shape index (κ2) is 8.22. The van der Waals surface area contributed by atoms with Crippen LogP contribution in [0.3, 0.4) is 0 Å².